The summed E-state index contributed by atoms with van der Waals surface area (Å²) in [6, 6.07) is 16.7. The summed E-state index contributed by atoms with van der Waals surface area (Å²) in [5.41, 5.74) is 6.31. The Morgan fingerprint density at radius 1 is 1.00 bits per heavy atom. The first-order valence-electron chi connectivity index (χ1n) is 11.9. The lowest BCUT2D eigenvalue weighted by molar-refractivity contribution is 0.0976. The Labute approximate surface area is 200 Å². The summed E-state index contributed by atoms with van der Waals surface area (Å²) in [6.45, 7) is 3.37. The van der Waals surface area contributed by atoms with Gasteiger partial charge >= 0.3 is 0 Å². The van der Waals surface area contributed by atoms with E-state index in [1.807, 2.05) is 30.3 Å². The molecule has 0 unspecified atom stereocenters. The molecule has 170 valence electrons. The number of thiophene rings is 1. The number of para-hydroxylation sites is 2. The van der Waals surface area contributed by atoms with Crippen molar-refractivity contribution < 1.29 is 0 Å². The average molecular weight is 468 g/mol. The summed E-state index contributed by atoms with van der Waals surface area (Å²) in [7, 11) is 0. The number of imidazole rings is 1. The molecule has 7 heteroatoms. The number of hydrogen-bond acceptors (Lipinski definition) is 5. The highest BCUT2D eigenvalue weighted by molar-refractivity contribution is 7.08. The fourth-order valence-corrected chi connectivity index (χ4v) is 6.33. The van der Waals surface area contributed by atoms with Crippen LogP contribution in [0.15, 0.2) is 64.1 Å². The molecule has 2 bridgehead atoms. The highest BCUT2D eigenvalue weighted by Gasteiger charge is 2.35. The molecular formula is C27H25N5OS. The molecule has 6 heterocycles. The zero-order valence-electron chi connectivity index (χ0n) is 18.7. The standard InChI is InChI=1S/C27H25N5OS/c33-27-24(26-29-21-3-1-2-4-22(21)30-26)25(28-23-14-32-10-7-16(23)8-11-32)19-13-17(5-6-20(19)31-27)18-9-12-34-15-18/h1-6,9,12-13,15-16,23H,7-8,10-11,14H2,(H,29,30)(H2,28,31,33)/t23-/m0/s1. The van der Waals surface area contributed by atoms with Crippen LogP contribution in [0.3, 0.4) is 0 Å². The molecule has 0 amide bonds. The van der Waals surface area contributed by atoms with Crippen molar-refractivity contribution >= 4 is 39.0 Å². The molecule has 3 saturated heterocycles. The number of pyridine rings is 1. The van der Waals surface area contributed by atoms with Crippen LogP contribution in [0, 0.1) is 5.92 Å². The van der Waals surface area contributed by atoms with Crippen LogP contribution in [-0.2, 0) is 0 Å². The maximum absolute atomic E-state index is 13.5. The van der Waals surface area contributed by atoms with Gasteiger partial charge in [-0.2, -0.15) is 11.3 Å². The van der Waals surface area contributed by atoms with E-state index in [9.17, 15) is 4.79 Å². The summed E-state index contributed by atoms with van der Waals surface area (Å²) in [6.07, 6.45) is 2.41. The van der Waals surface area contributed by atoms with Gasteiger partial charge in [0.05, 0.1) is 22.2 Å². The monoisotopic (exact) mass is 467 g/mol. The number of H-pyrrole nitrogens is 2. The molecule has 3 aliphatic heterocycles. The van der Waals surface area contributed by atoms with Gasteiger partial charge < -0.3 is 20.2 Å². The molecule has 2 aromatic carbocycles. The fourth-order valence-electron chi connectivity index (χ4n) is 5.66. The SMILES string of the molecule is O=c1[nH]c2ccc(-c3ccsc3)cc2c(N[C@H]2CN3CCC2CC3)c1-c1nc2ccccc2[nH]1. The topological polar surface area (TPSA) is 76.8 Å². The minimum Gasteiger partial charge on any atom is -0.379 e. The van der Waals surface area contributed by atoms with E-state index in [0.29, 0.717) is 23.3 Å². The summed E-state index contributed by atoms with van der Waals surface area (Å²) >= 11 is 1.69. The number of fused-ring (bicyclic) bond motifs is 5. The number of benzene rings is 2. The van der Waals surface area contributed by atoms with Gasteiger partial charge in [0, 0.05) is 18.0 Å². The minimum atomic E-state index is -0.126. The molecular weight excluding hydrogens is 442 g/mol. The summed E-state index contributed by atoms with van der Waals surface area (Å²) < 4.78 is 0. The quantitative estimate of drug-likeness (QED) is 0.335. The Morgan fingerprint density at radius 2 is 1.88 bits per heavy atom. The van der Waals surface area contributed by atoms with E-state index in [1.54, 1.807) is 11.3 Å². The normalized spacial score (nSPS) is 21.9. The van der Waals surface area contributed by atoms with E-state index in [2.05, 4.69) is 49.1 Å². The van der Waals surface area contributed by atoms with Gasteiger partial charge in [-0.05, 0) is 84.1 Å². The van der Waals surface area contributed by atoms with E-state index in [-0.39, 0.29) is 5.56 Å². The van der Waals surface area contributed by atoms with E-state index in [1.165, 1.54) is 31.5 Å². The van der Waals surface area contributed by atoms with Gasteiger partial charge in [0.15, 0.2) is 0 Å². The number of hydrogen-bond donors (Lipinski definition) is 3. The van der Waals surface area contributed by atoms with Crippen LogP contribution in [0.25, 0.3) is 44.5 Å². The Kier molecular flexibility index (Phi) is 4.60. The first kappa shape index (κ1) is 20.0. The molecule has 1 atom stereocenters. The number of aromatic nitrogens is 3. The Bertz CT molecular complexity index is 1530. The van der Waals surface area contributed by atoms with Crippen LogP contribution >= 0.6 is 11.3 Å². The molecule has 3 aliphatic rings. The van der Waals surface area contributed by atoms with Crippen molar-refractivity contribution in [2.75, 3.05) is 25.0 Å². The van der Waals surface area contributed by atoms with Crippen LogP contribution in [-0.4, -0.2) is 45.5 Å². The summed E-state index contributed by atoms with van der Waals surface area (Å²) in [5, 5.41) is 9.14. The predicted molar refractivity (Wildman–Crippen MR) is 140 cm³/mol. The van der Waals surface area contributed by atoms with Crippen molar-refractivity contribution in [3.05, 3.63) is 69.6 Å². The van der Waals surface area contributed by atoms with Gasteiger partial charge in [-0.3, -0.25) is 4.79 Å². The van der Waals surface area contributed by atoms with E-state index >= 15 is 0 Å². The first-order chi connectivity index (χ1) is 16.7. The number of nitrogens with one attached hydrogen (secondary N) is 3. The lowest BCUT2D eigenvalue weighted by Crippen LogP contribution is -2.53. The van der Waals surface area contributed by atoms with E-state index in [0.717, 1.165) is 39.7 Å². The van der Waals surface area contributed by atoms with E-state index in [4.69, 9.17) is 4.98 Å². The zero-order chi connectivity index (χ0) is 22.6. The second-order valence-corrected chi connectivity index (χ2v) is 10.2. The zero-order valence-corrected chi connectivity index (χ0v) is 19.5. The van der Waals surface area contributed by atoms with Gasteiger partial charge in [0.2, 0.25) is 0 Å². The third-order valence-electron chi connectivity index (χ3n) is 7.48. The van der Waals surface area contributed by atoms with Gasteiger partial charge in [0.25, 0.3) is 5.56 Å². The number of rotatable bonds is 4. The maximum atomic E-state index is 13.5. The molecule has 0 saturated carbocycles. The largest absolute Gasteiger partial charge is 0.379 e. The van der Waals surface area contributed by atoms with Crippen LogP contribution < -0.4 is 10.9 Å². The third-order valence-corrected chi connectivity index (χ3v) is 8.16. The highest BCUT2D eigenvalue weighted by atomic mass is 32.1. The molecule has 6 nitrogen and oxygen atoms in total. The lowest BCUT2D eigenvalue weighted by atomic mass is 9.83. The molecule has 3 fully saturated rings. The van der Waals surface area contributed by atoms with Gasteiger partial charge in [-0.1, -0.05) is 18.2 Å². The highest BCUT2D eigenvalue weighted by Crippen LogP contribution is 2.37. The van der Waals surface area contributed by atoms with Crippen LogP contribution in [0.1, 0.15) is 12.8 Å². The summed E-state index contributed by atoms with van der Waals surface area (Å²) in [4.78, 5) is 27.3. The molecule has 3 N–H and O–H groups in total. The molecule has 5 aromatic rings. The van der Waals surface area contributed by atoms with Gasteiger partial charge in [0.1, 0.15) is 11.4 Å². The van der Waals surface area contributed by atoms with Crippen LogP contribution in [0.2, 0.25) is 0 Å². The molecule has 34 heavy (non-hydrogen) atoms. The van der Waals surface area contributed by atoms with Crippen molar-refractivity contribution in [1.29, 1.82) is 0 Å². The molecule has 3 aromatic heterocycles. The van der Waals surface area contributed by atoms with Gasteiger partial charge in [-0.15, -0.1) is 0 Å². The molecule has 8 rings (SSSR count). The van der Waals surface area contributed by atoms with E-state index < -0.39 is 0 Å². The smallest absolute Gasteiger partial charge is 0.261 e. The fraction of sp³-hybridized carbons (Fsp3) is 0.259. The number of piperidine rings is 3. The maximum Gasteiger partial charge on any atom is 0.261 e. The summed E-state index contributed by atoms with van der Waals surface area (Å²) in [5.74, 6) is 1.23. The Balaban J connectivity index is 1.45. The number of nitrogens with zero attached hydrogens (tertiary/aromatic N) is 2. The molecule has 0 spiro atoms. The number of anilines is 1. The van der Waals surface area contributed by atoms with Crippen molar-refractivity contribution in [2.45, 2.75) is 18.9 Å². The molecule has 0 aliphatic carbocycles. The first-order valence-corrected chi connectivity index (χ1v) is 12.8. The Hall–Kier alpha value is -3.42. The predicted octanol–water partition coefficient (Wildman–Crippen LogP) is 5.31. The second kappa shape index (κ2) is 7.82. The van der Waals surface area contributed by atoms with Crippen molar-refractivity contribution in [1.82, 2.24) is 19.9 Å². The van der Waals surface area contributed by atoms with Gasteiger partial charge in [-0.25, -0.2) is 4.98 Å². The van der Waals surface area contributed by atoms with Crippen LogP contribution in [0.5, 0.6) is 0 Å². The Morgan fingerprint density at radius 3 is 2.65 bits per heavy atom. The minimum absolute atomic E-state index is 0.126. The molecule has 0 radical (unpaired) electrons. The number of aromatic amines is 2. The van der Waals surface area contributed by atoms with Crippen molar-refractivity contribution in [2.24, 2.45) is 5.92 Å². The third kappa shape index (κ3) is 3.27. The second-order valence-electron chi connectivity index (χ2n) is 9.47. The van der Waals surface area contributed by atoms with Crippen molar-refractivity contribution in [3.8, 4) is 22.5 Å². The lowest BCUT2D eigenvalue weighted by Gasteiger charge is -2.45. The average Bonchev–Trinajstić information content (AvgIpc) is 3.55. The van der Waals surface area contributed by atoms with Crippen LogP contribution in [0.4, 0.5) is 5.69 Å². The van der Waals surface area contributed by atoms with Crippen molar-refractivity contribution in [3.63, 3.8) is 0 Å².